The lowest BCUT2D eigenvalue weighted by Gasteiger charge is -2.25. The first-order chi connectivity index (χ1) is 10.3. The second kappa shape index (κ2) is 5.95. The second-order valence-electron chi connectivity index (χ2n) is 5.17. The van der Waals surface area contributed by atoms with Crippen LogP contribution < -0.4 is 4.74 Å². The lowest BCUT2D eigenvalue weighted by molar-refractivity contribution is 0.0735. The largest absolute Gasteiger partial charge is 0.497 e. The van der Waals surface area contributed by atoms with Crippen molar-refractivity contribution in [2.75, 3.05) is 13.7 Å². The molecule has 4 nitrogen and oxygen atoms in total. The summed E-state index contributed by atoms with van der Waals surface area (Å²) in [6, 6.07) is 11.4. The Kier molecular flexibility index (Phi) is 3.86. The third-order valence-corrected chi connectivity index (χ3v) is 3.94. The van der Waals surface area contributed by atoms with Crippen molar-refractivity contribution < 1.29 is 9.53 Å². The van der Waals surface area contributed by atoms with Crippen molar-refractivity contribution in [1.82, 2.24) is 9.88 Å². The van der Waals surface area contributed by atoms with Crippen molar-refractivity contribution in [2.24, 2.45) is 0 Å². The van der Waals surface area contributed by atoms with Crippen molar-refractivity contribution >= 4 is 5.91 Å². The minimum absolute atomic E-state index is 0.0805. The van der Waals surface area contributed by atoms with Gasteiger partial charge in [0.1, 0.15) is 5.75 Å². The fourth-order valence-corrected chi connectivity index (χ4v) is 2.84. The number of amides is 1. The molecule has 1 atom stereocenters. The number of aromatic nitrogens is 1. The first-order valence-corrected chi connectivity index (χ1v) is 7.14. The molecule has 3 rings (SSSR count). The van der Waals surface area contributed by atoms with E-state index in [-0.39, 0.29) is 11.9 Å². The van der Waals surface area contributed by atoms with Gasteiger partial charge in [0, 0.05) is 24.5 Å². The minimum Gasteiger partial charge on any atom is -0.497 e. The van der Waals surface area contributed by atoms with E-state index in [9.17, 15) is 4.79 Å². The molecule has 1 unspecified atom stereocenters. The highest BCUT2D eigenvalue weighted by atomic mass is 16.5. The molecule has 1 amide bonds. The van der Waals surface area contributed by atoms with E-state index < -0.39 is 0 Å². The van der Waals surface area contributed by atoms with E-state index in [2.05, 4.69) is 4.98 Å². The molecule has 21 heavy (non-hydrogen) atoms. The quantitative estimate of drug-likeness (QED) is 0.869. The summed E-state index contributed by atoms with van der Waals surface area (Å²) in [4.78, 5) is 18.7. The van der Waals surface area contributed by atoms with Gasteiger partial charge in [-0.3, -0.25) is 9.78 Å². The van der Waals surface area contributed by atoms with Crippen LogP contribution in [0.2, 0.25) is 0 Å². The van der Waals surface area contributed by atoms with Crippen LogP contribution in [-0.4, -0.2) is 29.4 Å². The van der Waals surface area contributed by atoms with Crippen molar-refractivity contribution in [3.63, 3.8) is 0 Å². The summed E-state index contributed by atoms with van der Waals surface area (Å²) >= 11 is 0. The summed E-state index contributed by atoms with van der Waals surface area (Å²) < 4.78 is 5.13. The molecular formula is C17H18N2O2. The number of carbonyl (C=O) groups excluding carboxylic acids is 1. The monoisotopic (exact) mass is 282 g/mol. The number of hydrogen-bond acceptors (Lipinski definition) is 3. The Morgan fingerprint density at radius 1 is 1.19 bits per heavy atom. The molecule has 1 saturated heterocycles. The average Bonchev–Trinajstić information content (AvgIpc) is 3.04. The predicted octanol–water partition coefficient (Wildman–Crippen LogP) is 3.07. The van der Waals surface area contributed by atoms with Crippen molar-refractivity contribution in [2.45, 2.75) is 18.9 Å². The fourth-order valence-electron chi connectivity index (χ4n) is 2.84. The molecule has 2 heterocycles. The summed E-state index contributed by atoms with van der Waals surface area (Å²) in [6.45, 7) is 0.803. The summed E-state index contributed by atoms with van der Waals surface area (Å²) in [6.07, 6.45) is 5.61. The maximum atomic E-state index is 12.7. The van der Waals surface area contributed by atoms with E-state index in [0.717, 1.165) is 30.7 Å². The van der Waals surface area contributed by atoms with Crippen LogP contribution in [0.3, 0.4) is 0 Å². The first-order valence-electron chi connectivity index (χ1n) is 7.14. The van der Waals surface area contributed by atoms with Gasteiger partial charge in [0.2, 0.25) is 0 Å². The maximum Gasteiger partial charge on any atom is 0.254 e. The average molecular weight is 282 g/mol. The van der Waals surface area contributed by atoms with Crippen LogP contribution >= 0.6 is 0 Å². The molecule has 1 fully saturated rings. The van der Waals surface area contributed by atoms with Gasteiger partial charge in [-0.15, -0.1) is 0 Å². The molecule has 108 valence electrons. The lowest BCUT2D eigenvalue weighted by Crippen LogP contribution is -2.30. The predicted molar refractivity (Wildman–Crippen MR) is 80.2 cm³/mol. The number of methoxy groups -OCH3 is 1. The van der Waals surface area contributed by atoms with Crippen LogP contribution in [0, 0.1) is 0 Å². The second-order valence-corrected chi connectivity index (χ2v) is 5.17. The molecule has 4 heteroatoms. The zero-order chi connectivity index (χ0) is 14.7. The number of pyridine rings is 1. The Hall–Kier alpha value is -2.36. The first kappa shape index (κ1) is 13.6. The summed E-state index contributed by atoms with van der Waals surface area (Å²) in [5, 5.41) is 0. The van der Waals surface area contributed by atoms with E-state index in [0.29, 0.717) is 5.56 Å². The van der Waals surface area contributed by atoms with Crippen LogP contribution in [0.15, 0.2) is 48.8 Å². The van der Waals surface area contributed by atoms with Gasteiger partial charge in [-0.1, -0.05) is 0 Å². The van der Waals surface area contributed by atoms with Crippen LogP contribution in [0.4, 0.5) is 0 Å². The highest BCUT2D eigenvalue weighted by Crippen LogP contribution is 2.32. The number of carbonyl (C=O) groups is 1. The van der Waals surface area contributed by atoms with Crippen LogP contribution in [-0.2, 0) is 0 Å². The molecule has 1 aromatic carbocycles. The Bertz CT molecular complexity index is 610. The summed E-state index contributed by atoms with van der Waals surface area (Å²) in [5.41, 5.74) is 1.86. The van der Waals surface area contributed by atoms with E-state index in [1.165, 1.54) is 0 Å². The number of ether oxygens (including phenoxy) is 1. The zero-order valence-electron chi connectivity index (χ0n) is 12.0. The fraction of sp³-hybridized carbons (Fsp3) is 0.294. The highest BCUT2D eigenvalue weighted by molar-refractivity contribution is 5.94. The summed E-state index contributed by atoms with van der Waals surface area (Å²) in [5.74, 6) is 0.843. The Balaban J connectivity index is 1.82. The molecular weight excluding hydrogens is 264 g/mol. The van der Waals surface area contributed by atoms with Crippen LogP contribution in [0.5, 0.6) is 5.75 Å². The molecule has 0 bridgehead atoms. The van der Waals surface area contributed by atoms with Gasteiger partial charge in [0.15, 0.2) is 0 Å². The molecule has 0 radical (unpaired) electrons. The van der Waals surface area contributed by atoms with Gasteiger partial charge < -0.3 is 9.64 Å². The molecule has 0 N–H and O–H groups in total. The number of hydrogen-bond donors (Lipinski definition) is 0. The number of likely N-dealkylation sites (tertiary alicyclic amines) is 1. The molecule has 0 spiro atoms. The van der Waals surface area contributed by atoms with Gasteiger partial charge in [-0.05, 0) is 54.8 Å². The number of nitrogens with zero attached hydrogens (tertiary/aromatic N) is 2. The molecule has 1 aliphatic rings. The van der Waals surface area contributed by atoms with Crippen molar-refractivity contribution in [1.29, 1.82) is 0 Å². The Labute approximate surface area is 124 Å². The Morgan fingerprint density at radius 3 is 2.57 bits per heavy atom. The molecule has 2 aromatic rings. The third-order valence-electron chi connectivity index (χ3n) is 3.94. The van der Waals surface area contributed by atoms with E-state index >= 15 is 0 Å². The molecule has 0 aliphatic carbocycles. The van der Waals surface area contributed by atoms with E-state index in [1.54, 1.807) is 19.5 Å². The number of rotatable bonds is 3. The minimum atomic E-state index is 0.0805. The normalized spacial score (nSPS) is 17.8. The SMILES string of the molecule is COc1ccc(C(=O)N2CCCC2c2ccncc2)cc1. The van der Waals surface area contributed by atoms with Gasteiger partial charge in [0.05, 0.1) is 13.2 Å². The highest BCUT2D eigenvalue weighted by Gasteiger charge is 2.30. The molecule has 1 aliphatic heterocycles. The maximum absolute atomic E-state index is 12.7. The van der Waals surface area contributed by atoms with Crippen molar-refractivity contribution in [3.05, 3.63) is 59.9 Å². The lowest BCUT2D eigenvalue weighted by atomic mass is 10.1. The standard InChI is InChI=1S/C17H18N2O2/c1-21-15-6-4-14(5-7-15)17(20)19-12-2-3-16(19)13-8-10-18-11-9-13/h4-11,16H,2-3,12H2,1H3. The van der Waals surface area contributed by atoms with Gasteiger partial charge in [-0.2, -0.15) is 0 Å². The van der Waals surface area contributed by atoms with Crippen LogP contribution in [0.1, 0.15) is 34.8 Å². The zero-order valence-corrected chi connectivity index (χ0v) is 12.0. The van der Waals surface area contributed by atoms with E-state index in [1.807, 2.05) is 41.3 Å². The van der Waals surface area contributed by atoms with Gasteiger partial charge in [-0.25, -0.2) is 0 Å². The van der Waals surface area contributed by atoms with Crippen LogP contribution in [0.25, 0.3) is 0 Å². The number of benzene rings is 1. The molecule has 0 saturated carbocycles. The smallest absolute Gasteiger partial charge is 0.254 e. The third kappa shape index (κ3) is 2.75. The summed E-state index contributed by atoms with van der Waals surface area (Å²) in [7, 11) is 1.62. The molecule has 1 aromatic heterocycles. The van der Waals surface area contributed by atoms with Crippen molar-refractivity contribution in [3.8, 4) is 5.75 Å². The van der Waals surface area contributed by atoms with Gasteiger partial charge in [0.25, 0.3) is 5.91 Å². The Morgan fingerprint density at radius 2 is 1.90 bits per heavy atom. The topological polar surface area (TPSA) is 42.4 Å². The van der Waals surface area contributed by atoms with Gasteiger partial charge >= 0.3 is 0 Å². The van der Waals surface area contributed by atoms with E-state index in [4.69, 9.17) is 4.74 Å².